The van der Waals surface area contributed by atoms with Crippen LogP contribution in [-0.4, -0.2) is 4.92 Å². The van der Waals surface area contributed by atoms with Gasteiger partial charge in [-0.05, 0) is 6.07 Å². The van der Waals surface area contributed by atoms with Crippen LogP contribution in [0.15, 0.2) is 18.2 Å². The summed E-state index contributed by atoms with van der Waals surface area (Å²) in [6.45, 7) is 0. The van der Waals surface area contributed by atoms with Gasteiger partial charge in [0.15, 0.2) is 0 Å². The Labute approximate surface area is 91.7 Å². The van der Waals surface area contributed by atoms with Gasteiger partial charge in [-0.3, -0.25) is 10.1 Å². The third-order valence-corrected chi connectivity index (χ3v) is 1.72. The Morgan fingerprint density at radius 3 is 2.62 bits per heavy atom. The van der Waals surface area contributed by atoms with Crippen LogP contribution in [0.2, 0.25) is 0 Å². The Bertz CT molecular complexity index is 568. The van der Waals surface area contributed by atoms with Crippen molar-refractivity contribution in [3.8, 4) is 24.0 Å². The third kappa shape index (κ3) is 2.57. The number of rotatable bonds is 1. The number of hydrogen-bond donors (Lipinski definition) is 0. The monoisotopic (exact) mass is 211 g/mol. The zero-order chi connectivity index (χ0) is 12.0. The predicted molar refractivity (Wildman–Crippen MR) is 54.9 cm³/mol. The molecule has 0 N–H and O–H groups in total. The lowest BCUT2D eigenvalue weighted by molar-refractivity contribution is -0.384. The first kappa shape index (κ1) is 11.2. The van der Waals surface area contributed by atoms with Gasteiger partial charge in [-0.25, -0.2) is 0 Å². The first-order valence-corrected chi connectivity index (χ1v) is 4.23. The van der Waals surface area contributed by atoms with Crippen molar-refractivity contribution in [1.29, 1.82) is 10.5 Å². The first-order chi connectivity index (χ1) is 7.69. The maximum Gasteiger partial charge on any atom is 0.270 e. The number of nitro groups is 1. The van der Waals surface area contributed by atoms with Crippen LogP contribution in [-0.2, 0) is 0 Å². The summed E-state index contributed by atoms with van der Waals surface area (Å²) < 4.78 is 0. The highest BCUT2D eigenvalue weighted by molar-refractivity contribution is 5.53. The fourth-order valence-corrected chi connectivity index (χ4v) is 1.03. The summed E-state index contributed by atoms with van der Waals surface area (Å²) in [5, 5.41) is 27.5. The van der Waals surface area contributed by atoms with E-state index in [0.717, 1.165) is 6.07 Å². The smallest absolute Gasteiger partial charge is 0.258 e. The number of nitriles is 2. The Kier molecular flexibility index (Phi) is 3.61. The molecule has 0 radical (unpaired) electrons. The molecule has 0 aliphatic heterocycles. The maximum atomic E-state index is 10.5. The average molecular weight is 211 g/mol. The lowest BCUT2D eigenvalue weighted by atomic mass is 10.1. The SMILES string of the molecule is N#CCC#Cc1ccc([N+](=O)[O-])cc1C#N. The quantitative estimate of drug-likeness (QED) is 0.401. The molecule has 0 unspecified atom stereocenters. The zero-order valence-electron chi connectivity index (χ0n) is 8.10. The van der Waals surface area contributed by atoms with Gasteiger partial charge in [0, 0.05) is 17.7 Å². The molecule has 0 aliphatic rings. The Morgan fingerprint density at radius 2 is 2.06 bits per heavy atom. The highest BCUT2D eigenvalue weighted by Gasteiger charge is 2.08. The van der Waals surface area contributed by atoms with Crippen molar-refractivity contribution in [2.24, 2.45) is 0 Å². The third-order valence-electron chi connectivity index (χ3n) is 1.72. The van der Waals surface area contributed by atoms with Gasteiger partial charge in [-0.2, -0.15) is 10.5 Å². The number of nitro benzene ring substituents is 1. The minimum atomic E-state index is -0.576. The second-order valence-corrected chi connectivity index (χ2v) is 2.74. The average Bonchev–Trinajstić information content (AvgIpc) is 2.29. The fourth-order valence-electron chi connectivity index (χ4n) is 1.03. The molecule has 0 spiro atoms. The molecule has 0 aliphatic carbocycles. The number of non-ortho nitro benzene ring substituents is 1. The molecule has 0 atom stereocenters. The van der Waals surface area contributed by atoms with Crippen molar-refractivity contribution >= 4 is 5.69 Å². The summed E-state index contributed by atoms with van der Waals surface area (Å²) in [7, 11) is 0. The predicted octanol–water partition coefficient (Wildman–Crippen LogP) is 1.73. The van der Waals surface area contributed by atoms with Crippen molar-refractivity contribution in [1.82, 2.24) is 0 Å². The molecule has 76 valence electrons. The van der Waals surface area contributed by atoms with Gasteiger partial charge in [-0.15, -0.1) is 0 Å². The van der Waals surface area contributed by atoms with E-state index in [4.69, 9.17) is 10.5 Å². The molecule has 0 heterocycles. The van der Waals surface area contributed by atoms with E-state index in [9.17, 15) is 10.1 Å². The lowest BCUT2D eigenvalue weighted by Crippen LogP contribution is -1.91. The summed E-state index contributed by atoms with van der Waals surface area (Å²) in [5.74, 6) is 5.16. The first-order valence-electron chi connectivity index (χ1n) is 4.23. The molecule has 5 nitrogen and oxygen atoms in total. The summed E-state index contributed by atoms with van der Waals surface area (Å²) >= 11 is 0. The van der Waals surface area contributed by atoms with E-state index in [1.54, 1.807) is 0 Å². The van der Waals surface area contributed by atoms with E-state index in [-0.39, 0.29) is 17.7 Å². The van der Waals surface area contributed by atoms with Crippen LogP contribution in [0.3, 0.4) is 0 Å². The van der Waals surface area contributed by atoms with Gasteiger partial charge < -0.3 is 0 Å². The van der Waals surface area contributed by atoms with E-state index in [1.165, 1.54) is 12.1 Å². The molecule has 0 saturated carbocycles. The van der Waals surface area contributed by atoms with Gasteiger partial charge in [0.1, 0.15) is 6.07 Å². The molecule has 1 aromatic carbocycles. The molecular formula is C11H5N3O2. The van der Waals surface area contributed by atoms with Crippen LogP contribution in [0.5, 0.6) is 0 Å². The summed E-state index contributed by atoms with van der Waals surface area (Å²) in [6, 6.07) is 7.51. The molecule has 0 aromatic heterocycles. The summed E-state index contributed by atoms with van der Waals surface area (Å²) in [5.41, 5.74) is 0.380. The van der Waals surface area contributed by atoms with Gasteiger partial charge in [-0.1, -0.05) is 11.8 Å². The molecular weight excluding hydrogens is 206 g/mol. The highest BCUT2D eigenvalue weighted by Crippen LogP contribution is 2.16. The molecule has 16 heavy (non-hydrogen) atoms. The molecule has 1 rings (SSSR count). The van der Waals surface area contributed by atoms with E-state index in [2.05, 4.69) is 11.8 Å². The molecule has 0 bridgehead atoms. The zero-order valence-corrected chi connectivity index (χ0v) is 8.10. The molecule has 0 fully saturated rings. The van der Waals surface area contributed by atoms with Crippen LogP contribution in [0.1, 0.15) is 17.5 Å². The number of benzene rings is 1. The normalized spacial score (nSPS) is 8.12. The van der Waals surface area contributed by atoms with Crippen molar-refractivity contribution < 1.29 is 4.92 Å². The van der Waals surface area contributed by atoms with Gasteiger partial charge >= 0.3 is 0 Å². The van der Waals surface area contributed by atoms with E-state index < -0.39 is 4.92 Å². The minimum Gasteiger partial charge on any atom is -0.258 e. The van der Waals surface area contributed by atoms with E-state index in [1.807, 2.05) is 12.1 Å². The molecule has 1 aromatic rings. The second kappa shape index (κ2) is 5.14. The maximum absolute atomic E-state index is 10.5. The standard InChI is InChI=1S/C11H5N3O2/c12-6-2-1-3-9-4-5-11(14(15)16)7-10(9)8-13/h4-5,7H,2H2. The molecule has 0 amide bonds. The van der Waals surface area contributed by atoms with Crippen molar-refractivity contribution in [2.75, 3.05) is 0 Å². The van der Waals surface area contributed by atoms with Crippen molar-refractivity contribution in [3.63, 3.8) is 0 Å². The van der Waals surface area contributed by atoms with Crippen molar-refractivity contribution in [3.05, 3.63) is 39.4 Å². The van der Waals surface area contributed by atoms with E-state index in [0.29, 0.717) is 5.56 Å². The topological polar surface area (TPSA) is 90.7 Å². The van der Waals surface area contributed by atoms with Crippen molar-refractivity contribution in [2.45, 2.75) is 6.42 Å². The lowest BCUT2D eigenvalue weighted by Gasteiger charge is -1.95. The summed E-state index contributed by atoms with van der Waals surface area (Å²) in [4.78, 5) is 9.88. The number of nitrogens with zero attached hydrogens (tertiary/aromatic N) is 3. The van der Waals surface area contributed by atoms with Gasteiger partial charge in [0.05, 0.1) is 23.0 Å². The second-order valence-electron chi connectivity index (χ2n) is 2.74. The van der Waals surface area contributed by atoms with Crippen LogP contribution < -0.4 is 0 Å². The molecule has 0 saturated heterocycles. The number of hydrogen-bond acceptors (Lipinski definition) is 4. The Hall–Kier alpha value is -2.84. The van der Waals surface area contributed by atoms with Crippen LogP contribution in [0.25, 0.3) is 0 Å². The fraction of sp³-hybridized carbons (Fsp3) is 0.0909. The Balaban J connectivity index is 3.16. The van der Waals surface area contributed by atoms with Gasteiger partial charge in [0.25, 0.3) is 5.69 Å². The minimum absolute atomic E-state index is 0.0574. The Morgan fingerprint density at radius 1 is 1.31 bits per heavy atom. The molecule has 5 heteroatoms. The van der Waals surface area contributed by atoms with Crippen LogP contribution >= 0.6 is 0 Å². The van der Waals surface area contributed by atoms with Gasteiger partial charge in [0.2, 0.25) is 0 Å². The largest absolute Gasteiger partial charge is 0.270 e. The highest BCUT2D eigenvalue weighted by atomic mass is 16.6. The van der Waals surface area contributed by atoms with E-state index >= 15 is 0 Å². The van der Waals surface area contributed by atoms with Crippen LogP contribution in [0.4, 0.5) is 5.69 Å². The summed E-state index contributed by atoms with van der Waals surface area (Å²) in [6.07, 6.45) is 0.0574. The van der Waals surface area contributed by atoms with Crippen LogP contribution in [0, 0.1) is 44.6 Å².